The van der Waals surface area contributed by atoms with Crippen LogP contribution in [-0.2, 0) is 9.59 Å². The van der Waals surface area contributed by atoms with Crippen molar-refractivity contribution in [2.75, 3.05) is 13.1 Å². The topological polar surface area (TPSA) is 98.7 Å². The van der Waals surface area contributed by atoms with Crippen molar-refractivity contribution in [3.05, 3.63) is 0 Å². The molecule has 2 unspecified atom stereocenters. The molecule has 0 spiro atoms. The standard InChI is InChI=1S/C11H17N3O4/c1-11(9(16)17)3-2-4-14(11)10(18)13-7-5-8(15)12-6-7/h7H,2-6H2,1H3,(H,12,15)(H,13,18)(H,16,17). The molecular formula is C11H17N3O4. The van der Waals surface area contributed by atoms with Crippen LogP contribution < -0.4 is 10.6 Å². The normalized spacial score (nSPS) is 31.3. The monoisotopic (exact) mass is 255 g/mol. The first-order valence-corrected chi connectivity index (χ1v) is 6.02. The predicted octanol–water partition coefficient (Wildman–Crippen LogP) is -0.476. The van der Waals surface area contributed by atoms with Gasteiger partial charge in [0.1, 0.15) is 5.54 Å². The van der Waals surface area contributed by atoms with E-state index in [9.17, 15) is 19.5 Å². The summed E-state index contributed by atoms with van der Waals surface area (Å²) in [5, 5.41) is 14.5. The van der Waals surface area contributed by atoms with Gasteiger partial charge in [0.2, 0.25) is 5.91 Å². The largest absolute Gasteiger partial charge is 0.480 e. The van der Waals surface area contributed by atoms with Gasteiger partial charge in [-0.25, -0.2) is 9.59 Å². The van der Waals surface area contributed by atoms with E-state index in [1.54, 1.807) is 6.92 Å². The molecule has 100 valence electrons. The summed E-state index contributed by atoms with van der Waals surface area (Å²) in [6.45, 7) is 2.39. The number of amides is 3. The quantitative estimate of drug-likeness (QED) is 0.621. The molecule has 7 nitrogen and oxygen atoms in total. The summed E-state index contributed by atoms with van der Waals surface area (Å²) in [6, 6.07) is -0.650. The van der Waals surface area contributed by atoms with E-state index in [4.69, 9.17) is 0 Å². The van der Waals surface area contributed by atoms with E-state index >= 15 is 0 Å². The number of hydrogen-bond acceptors (Lipinski definition) is 3. The number of likely N-dealkylation sites (tertiary alicyclic amines) is 1. The summed E-state index contributed by atoms with van der Waals surface area (Å²) in [5.74, 6) is -1.08. The molecule has 3 amide bonds. The van der Waals surface area contributed by atoms with Crippen LogP contribution in [0.15, 0.2) is 0 Å². The van der Waals surface area contributed by atoms with Crippen molar-refractivity contribution in [2.45, 2.75) is 37.8 Å². The van der Waals surface area contributed by atoms with Gasteiger partial charge in [0.15, 0.2) is 0 Å². The second kappa shape index (κ2) is 4.47. The van der Waals surface area contributed by atoms with E-state index < -0.39 is 17.5 Å². The minimum atomic E-state index is -1.14. The summed E-state index contributed by atoms with van der Waals surface area (Å²) in [7, 11) is 0. The highest BCUT2D eigenvalue weighted by atomic mass is 16.4. The van der Waals surface area contributed by atoms with Crippen LogP contribution in [0.25, 0.3) is 0 Å². The second-order valence-electron chi connectivity index (χ2n) is 4.99. The number of carbonyl (C=O) groups is 3. The van der Waals surface area contributed by atoms with Crippen LogP contribution in [0.5, 0.6) is 0 Å². The number of rotatable bonds is 2. The van der Waals surface area contributed by atoms with Gasteiger partial charge in [0.05, 0.1) is 6.04 Å². The van der Waals surface area contributed by atoms with Crippen molar-refractivity contribution in [1.82, 2.24) is 15.5 Å². The van der Waals surface area contributed by atoms with E-state index in [0.29, 0.717) is 25.9 Å². The average molecular weight is 255 g/mol. The Labute approximate surface area is 105 Å². The molecule has 2 rings (SSSR count). The van der Waals surface area contributed by atoms with Crippen molar-refractivity contribution in [3.63, 3.8) is 0 Å². The molecule has 0 radical (unpaired) electrons. The number of carboxylic acid groups (broad SMARTS) is 1. The van der Waals surface area contributed by atoms with Crippen LogP contribution in [-0.4, -0.2) is 52.6 Å². The van der Waals surface area contributed by atoms with E-state index in [1.807, 2.05) is 0 Å². The van der Waals surface area contributed by atoms with Gasteiger partial charge in [-0.1, -0.05) is 0 Å². The lowest BCUT2D eigenvalue weighted by molar-refractivity contribution is -0.147. The first-order chi connectivity index (χ1) is 8.43. The van der Waals surface area contributed by atoms with Gasteiger partial charge >= 0.3 is 12.0 Å². The van der Waals surface area contributed by atoms with E-state index in [-0.39, 0.29) is 18.4 Å². The maximum atomic E-state index is 12.0. The molecule has 2 heterocycles. The van der Waals surface area contributed by atoms with Crippen LogP contribution >= 0.6 is 0 Å². The van der Waals surface area contributed by atoms with Gasteiger partial charge in [-0.3, -0.25) is 4.79 Å². The number of hydrogen-bond donors (Lipinski definition) is 3. The van der Waals surface area contributed by atoms with E-state index in [0.717, 1.165) is 0 Å². The zero-order chi connectivity index (χ0) is 13.3. The van der Waals surface area contributed by atoms with Crippen LogP contribution in [0.1, 0.15) is 26.2 Å². The fourth-order valence-corrected chi connectivity index (χ4v) is 2.47. The number of aliphatic carboxylic acids is 1. The molecule has 0 bridgehead atoms. The summed E-state index contributed by atoms with van der Waals surface area (Å²) in [4.78, 5) is 35.6. The van der Waals surface area contributed by atoms with Crippen LogP contribution in [0, 0.1) is 0 Å². The van der Waals surface area contributed by atoms with Gasteiger partial charge in [-0.15, -0.1) is 0 Å². The number of urea groups is 1. The van der Waals surface area contributed by atoms with Crippen molar-refractivity contribution < 1.29 is 19.5 Å². The molecule has 18 heavy (non-hydrogen) atoms. The zero-order valence-electron chi connectivity index (χ0n) is 10.2. The van der Waals surface area contributed by atoms with E-state index in [1.165, 1.54) is 4.90 Å². The second-order valence-corrected chi connectivity index (χ2v) is 4.99. The molecule has 0 saturated carbocycles. The van der Waals surface area contributed by atoms with Crippen LogP contribution in [0.2, 0.25) is 0 Å². The lowest BCUT2D eigenvalue weighted by Gasteiger charge is -2.32. The zero-order valence-corrected chi connectivity index (χ0v) is 10.2. The molecule has 2 aliphatic rings. The van der Waals surface area contributed by atoms with Gasteiger partial charge < -0.3 is 20.6 Å². The Kier molecular flexibility index (Phi) is 3.14. The summed E-state index contributed by atoms with van der Waals surface area (Å²) in [6.07, 6.45) is 1.39. The third kappa shape index (κ3) is 2.12. The number of nitrogens with zero attached hydrogens (tertiary/aromatic N) is 1. The van der Waals surface area contributed by atoms with Gasteiger partial charge in [-0.05, 0) is 19.8 Å². The van der Waals surface area contributed by atoms with Gasteiger partial charge in [0, 0.05) is 19.5 Å². The third-order valence-electron chi connectivity index (χ3n) is 3.65. The fourth-order valence-electron chi connectivity index (χ4n) is 2.47. The molecule has 7 heteroatoms. The van der Waals surface area contributed by atoms with E-state index in [2.05, 4.69) is 10.6 Å². The van der Waals surface area contributed by atoms with Crippen LogP contribution in [0.3, 0.4) is 0 Å². The molecule has 3 N–H and O–H groups in total. The fraction of sp³-hybridized carbons (Fsp3) is 0.727. The Hall–Kier alpha value is -1.79. The van der Waals surface area contributed by atoms with Gasteiger partial charge in [-0.2, -0.15) is 0 Å². The Morgan fingerprint density at radius 3 is 2.83 bits per heavy atom. The molecule has 0 aliphatic carbocycles. The number of carbonyl (C=O) groups excluding carboxylic acids is 2. The number of carboxylic acids is 1. The maximum Gasteiger partial charge on any atom is 0.329 e. The lowest BCUT2D eigenvalue weighted by atomic mass is 10.00. The average Bonchev–Trinajstić information content (AvgIpc) is 2.86. The highest BCUT2D eigenvalue weighted by molar-refractivity contribution is 5.87. The molecule has 0 aromatic heterocycles. The molecule has 2 saturated heterocycles. The van der Waals surface area contributed by atoms with Gasteiger partial charge in [0.25, 0.3) is 0 Å². The highest BCUT2D eigenvalue weighted by Gasteiger charge is 2.46. The SMILES string of the molecule is CC1(C(=O)O)CCCN1C(=O)NC1CNC(=O)C1. The van der Waals surface area contributed by atoms with Crippen molar-refractivity contribution >= 4 is 17.9 Å². The third-order valence-corrected chi connectivity index (χ3v) is 3.65. The van der Waals surface area contributed by atoms with Crippen LogP contribution in [0.4, 0.5) is 4.79 Å². The molecule has 2 aliphatic heterocycles. The minimum Gasteiger partial charge on any atom is -0.480 e. The number of nitrogens with one attached hydrogen (secondary N) is 2. The molecule has 0 aromatic rings. The summed E-state index contributed by atoms with van der Waals surface area (Å²) < 4.78 is 0. The highest BCUT2D eigenvalue weighted by Crippen LogP contribution is 2.29. The van der Waals surface area contributed by atoms with Crippen molar-refractivity contribution in [1.29, 1.82) is 0 Å². The predicted molar refractivity (Wildman–Crippen MR) is 61.9 cm³/mol. The Morgan fingerprint density at radius 2 is 2.28 bits per heavy atom. The summed E-state index contributed by atoms with van der Waals surface area (Å²) in [5.41, 5.74) is -1.14. The smallest absolute Gasteiger partial charge is 0.329 e. The van der Waals surface area contributed by atoms with Crippen molar-refractivity contribution in [3.8, 4) is 0 Å². The Morgan fingerprint density at radius 1 is 1.56 bits per heavy atom. The van der Waals surface area contributed by atoms with Crippen molar-refractivity contribution in [2.24, 2.45) is 0 Å². The lowest BCUT2D eigenvalue weighted by Crippen LogP contribution is -2.55. The first-order valence-electron chi connectivity index (χ1n) is 6.02. The Balaban J connectivity index is 2.00. The Bertz CT molecular complexity index is 398. The summed E-state index contributed by atoms with van der Waals surface area (Å²) >= 11 is 0. The molecule has 2 atom stereocenters. The molecular weight excluding hydrogens is 238 g/mol. The first kappa shape index (κ1) is 12.7. The molecule has 0 aromatic carbocycles. The molecule has 2 fully saturated rings. The maximum absolute atomic E-state index is 12.0. The minimum absolute atomic E-state index is 0.0947.